The Bertz CT molecular complexity index is 823. The van der Waals surface area contributed by atoms with Crippen molar-refractivity contribution in [1.82, 2.24) is 15.1 Å². The summed E-state index contributed by atoms with van der Waals surface area (Å²) in [6.45, 7) is 8.41. The van der Waals surface area contributed by atoms with E-state index in [9.17, 15) is 4.79 Å². The van der Waals surface area contributed by atoms with Crippen LogP contribution in [0, 0.1) is 5.92 Å². The number of likely N-dealkylation sites (N-methyl/N-ethyl adjacent to an activating group) is 1. The lowest BCUT2D eigenvalue weighted by Crippen LogP contribution is -2.43. The molecule has 1 unspecified atom stereocenters. The minimum absolute atomic E-state index is 0.0662. The van der Waals surface area contributed by atoms with Gasteiger partial charge in [-0.3, -0.25) is 9.69 Å². The van der Waals surface area contributed by atoms with Gasteiger partial charge in [-0.2, -0.15) is 0 Å². The third-order valence-electron chi connectivity index (χ3n) is 6.00. The zero-order chi connectivity index (χ0) is 19.5. The SMILES string of the molecule is CC1CCc2sc(C(=O)NCc3cccc(CN4CCN(C)CC4)c3)cc2C1. The van der Waals surface area contributed by atoms with Crippen LogP contribution in [-0.2, 0) is 25.9 Å². The van der Waals surface area contributed by atoms with E-state index in [1.807, 2.05) is 0 Å². The number of piperazine rings is 1. The monoisotopic (exact) mass is 397 g/mol. The summed E-state index contributed by atoms with van der Waals surface area (Å²) in [4.78, 5) is 19.8. The van der Waals surface area contributed by atoms with Crippen molar-refractivity contribution >= 4 is 17.2 Å². The Kier molecular flexibility index (Phi) is 6.14. The largest absolute Gasteiger partial charge is 0.347 e. The van der Waals surface area contributed by atoms with Gasteiger partial charge in [-0.1, -0.05) is 31.2 Å². The molecule has 1 aliphatic heterocycles. The lowest BCUT2D eigenvalue weighted by Gasteiger charge is -2.32. The van der Waals surface area contributed by atoms with Crippen molar-refractivity contribution in [2.75, 3.05) is 33.2 Å². The number of amides is 1. The normalized spacial score (nSPS) is 20.7. The topological polar surface area (TPSA) is 35.6 Å². The van der Waals surface area contributed by atoms with Crippen LogP contribution in [-0.4, -0.2) is 48.9 Å². The maximum atomic E-state index is 12.6. The number of carbonyl (C=O) groups is 1. The van der Waals surface area contributed by atoms with Crippen molar-refractivity contribution in [2.24, 2.45) is 5.92 Å². The molecule has 0 saturated carbocycles. The zero-order valence-electron chi connectivity index (χ0n) is 17.0. The fourth-order valence-corrected chi connectivity index (χ4v) is 5.31. The standard InChI is InChI=1S/C23H31N3OS/c1-17-6-7-21-20(12-17)14-22(28-21)23(27)24-15-18-4-3-5-19(13-18)16-26-10-8-25(2)9-11-26/h3-5,13-14,17H,6-12,15-16H2,1-2H3,(H,24,27). The van der Waals surface area contributed by atoms with Crippen LogP contribution in [0.1, 0.15) is 44.6 Å². The van der Waals surface area contributed by atoms with Crippen LogP contribution in [0.15, 0.2) is 30.3 Å². The van der Waals surface area contributed by atoms with E-state index in [0.29, 0.717) is 6.54 Å². The molecule has 1 aliphatic carbocycles. The van der Waals surface area contributed by atoms with Gasteiger partial charge in [0.15, 0.2) is 0 Å². The smallest absolute Gasteiger partial charge is 0.261 e. The van der Waals surface area contributed by atoms with Crippen LogP contribution in [0.2, 0.25) is 0 Å². The van der Waals surface area contributed by atoms with Crippen molar-refractivity contribution in [3.05, 3.63) is 56.8 Å². The molecule has 1 aromatic heterocycles. The van der Waals surface area contributed by atoms with Crippen LogP contribution in [0.5, 0.6) is 0 Å². The summed E-state index contributed by atoms with van der Waals surface area (Å²) >= 11 is 1.68. The number of nitrogens with one attached hydrogen (secondary N) is 1. The van der Waals surface area contributed by atoms with E-state index in [2.05, 4.69) is 59.4 Å². The third-order valence-corrected chi connectivity index (χ3v) is 7.24. The van der Waals surface area contributed by atoms with E-state index in [4.69, 9.17) is 0 Å². The maximum absolute atomic E-state index is 12.6. The first-order valence-electron chi connectivity index (χ1n) is 10.5. The van der Waals surface area contributed by atoms with Gasteiger partial charge in [-0.05, 0) is 55.0 Å². The van der Waals surface area contributed by atoms with Gasteiger partial charge < -0.3 is 10.2 Å². The summed E-state index contributed by atoms with van der Waals surface area (Å²) in [5.41, 5.74) is 3.90. The maximum Gasteiger partial charge on any atom is 0.261 e. The van der Waals surface area contributed by atoms with Crippen LogP contribution in [0.25, 0.3) is 0 Å². The van der Waals surface area contributed by atoms with Crippen molar-refractivity contribution in [3.8, 4) is 0 Å². The van der Waals surface area contributed by atoms with Gasteiger partial charge in [0.1, 0.15) is 0 Å². The summed E-state index contributed by atoms with van der Waals surface area (Å²) in [5, 5.41) is 3.12. The van der Waals surface area contributed by atoms with Crippen LogP contribution in [0.4, 0.5) is 0 Å². The van der Waals surface area contributed by atoms with Gasteiger partial charge in [0.2, 0.25) is 0 Å². The fraction of sp³-hybridized carbons (Fsp3) is 0.522. The van der Waals surface area contributed by atoms with Crippen LogP contribution >= 0.6 is 11.3 Å². The Hall–Kier alpha value is -1.69. The Labute approximate surface area is 172 Å². The number of hydrogen-bond donors (Lipinski definition) is 1. The molecule has 1 aromatic carbocycles. The highest BCUT2D eigenvalue weighted by Gasteiger charge is 2.20. The Balaban J connectivity index is 1.33. The Morgan fingerprint density at radius 1 is 1.18 bits per heavy atom. The molecule has 5 heteroatoms. The lowest BCUT2D eigenvalue weighted by atomic mass is 9.90. The van der Waals surface area contributed by atoms with Crippen LogP contribution < -0.4 is 5.32 Å². The molecule has 1 N–H and O–H groups in total. The third kappa shape index (κ3) is 4.83. The predicted molar refractivity (Wildman–Crippen MR) is 116 cm³/mol. The molecule has 0 spiro atoms. The van der Waals surface area contributed by atoms with E-state index < -0.39 is 0 Å². The number of nitrogens with zero attached hydrogens (tertiary/aromatic N) is 2. The second-order valence-corrected chi connectivity index (χ2v) is 9.63. The van der Waals surface area contributed by atoms with Gasteiger partial charge in [0.05, 0.1) is 4.88 Å². The number of hydrogen-bond acceptors (Lipinski definition) is 4. The number of carbonyl (C=O) groups excluding carboxylic acids is 1. The molecular formula is C23H31N3OS. The first-order valence-corrected chi connectivity index (χ1v) is 11.3. The summed E-state index contributed by atoms with van der Waals surface area (Å²) in [7, 11) is 2.19. The summed E-state index contributed by atoms with van der Waals surface area (Å²) in [6, 6.07) is 10.8. The first-order chi connectivity index (χ1) is 13.6. The minimum atomic E-state index is 0.0662. The highest BCUT2D eigenvalue weighted by molar-refractivity contribution is 7.14. The molecule has 2 aliphatic rings. The van der Waals surface area contributed by atoms with Crippen molar-refractivity contribution in [2.45, 2.75) is 39.3 Å². The van der Waals surface area contributed by atoms with Gasteiger partial charge >= 0.3 is 0 Å². The van der Waals surface area contributed by atoms with Crippen molar-refractivity contribution in [3.63, 3.8) is 0 Å². The van der Waals surface area contributed by atoms with Crippen LogP contribution in [0.3, 0.4) is 0 Å². The molecule has 1 amide bonds. The number of aryl methyl sites for hydroxylation is 1. The predicted octanol–water partition coefficient (Wildman–Crippen LogP) is 3.55. The molecule has 4 rings (SSSR count). The second kappa shape index (κ2) is 8.76. The Morgan fingerprint density at radius 3 is 2.79 bits per heavy atom. The number of rotatable bonds is 5. The minimum Gasteiger partial charge on any atom is -0.347 e. The molecule has 4 nitrogen and oxygen atoms in total. The highest BCUT2D eigenvalue weighted by atomic mass is 32.1. The molecule has 2 aromatic rings. The molecule has 1 atom stereocenters. The first kappa shape index (κ1) is 19.6. The molecule has 0 bridgehead atoms. The van der Waals surface area contributed by atoms with E-state index >= 15 is 0 Å². The van der Waals surface area contributed by atoms with E-state index in [1.165, 1.54) is 28.0 Å². The summed E-state index contributed by atoms with van der Waals surface area (Å²) in [5.74, 6) is 0.803. The second-order valence-electron chi connectivity index (χ2n) is 8.49. The molecule has 28 heavy (non-hydrogen) atoms. The van der Waals surface area contributed by atoms with Gasteiger partial charge in [0, 0.05) is 44.1 Å². The molecular weight excluding hydrogens is 366 g/mol. The number of fused-ring (bicyclic) bond motifs is 1. The summed E-state index contributed by atoms with van der Waals surface area (Å²) < 4.78 is 0. The molecule has 2 heterocycles. The average molecular weight is 398 g/mol. The van der Waals surface area contributed by atoms with Gasteiger partial charge in [0.25, 0.3) is 5.91 Å². The molecule has 150 valence electrons. The lowest BCUT2D eigenvalue weighted by molar-refractivity contribution is 0.0955. The summed E-state index contributed by atoms with van der Waals surface area (Å²) in [6.07, 6.45) is 3.49. The molecule has 1 saturated heterocycles. The molecule has 1 fully saturated rings. The van der Waals surface area contributed by atoms with Crippen molar-refractivity contribution < 1.29 is 4.79 Å². The average Bonchev–Trinajstić information content (AvgIpc) is 3.11. The van der Waals surface area contributed by atoms with Gasteiger partial charge in [-0.25, -0.2) is 0 Å². The quantitative estimate of drug-likeness (QED) is 0.838. The zero-order valence-corrected chi connectivity index (χ0v) is 17.9. The van der Waals surface area contributed by atoms with E-state index in [1.54, 1.807) is 11.3 Å². The van der Waals surface area contributed by atoms with Gasteiger partial charge in [-0.15, -0.1) is 11.3 Å². The number of thiophene rings is 1. The number of benzene rings is 1. The van der Waals surface area contributed by atoms with E-state index in [-0.39, 0.29) is 5.91 Å². The fourth-order valence-electron chi connectivity index (χ4n) is 4.19. The Morgan fingerprint density at radius 2 is 1.96 bits per heavy atom. The molecule has 0 radical (unpaired) electrons. The van der Waals surface area contributed by atoms with E-state index in [0.717, 1.165) is 56.4 Å². The van der Waals surface area contributed by atoms with Crippen molar-refractivity contribution in [1.29, 1.82) is 0 Å². The highest BCUT2D eigenvalue weighted by Crippen LogP contribution is 2.32.